The molecule has 0 fully saturated rings. The first-order valence-electron chi connectivity index (χ1n) is 6.84. The van der Waals surface area contributed by atoms with E-state index in [0.29, 0.717) is 6.54 Å². The van der Waals surface area contributed by atoms with Crippen molar-refractivity contribution in [3.05, 3.63) is 35.7 Å². The first-order chi connectivity index (χ1) is 9.74. The molecule has 2 N–H and O–H groups in total. The lowest BCUT2D eigenvalue weighted by molar-refractivity contribution is 0.912. The van der Waals surface area contributed by atoms with E-state index in [2.05, 4.69) is 44.4 Å². The molecular formula is C14H20N6. The maximum absolute atomic E-state index is 4.54. The van der Waals surface area contributed by atoms with Crippen molar-refractivity contribution in [2.45, 2.75) is 33.7 Å². The Labute approximate surface area is 119 Å². The molecule has 0 aliphatic rings. The van der Waals surface area contributed by atoms with Gasteiger partial charge in [0.1, 0.15) is 23.8 Å². The van der Waals surface area contributed by atoms with Crippen LogP contribution in [0.15, 0.2) is 18.6 Å². The zero-order chi connectivity index (χ0) is 14.4. The van der Waals surface area contributed by atoms with E-state index in [1.165, 1.54) is 0 Å². The molecule has 2 rings (SSSR count). The number of rotatable bonds is 6. The van der Waals surface area contributed by atoms with E-state index >= 15 is 0 Å². The summed E-state index contributed by atoms with van der Waals surface area (Å²) in [7, 11) is 0. The molecule has 0 amide bonds. The lowest BCUT2D eigenvalue weighted by Crippen LogP contribution is -2.11. The van der Waals surface area contributed by atoms with Crippen LogP contribution in [0.4, 0.5) is 11.6 Å². The quantitative estimate of drug-likeness (QED) is 0.839. The van der Waals surface area contributed by atoms with Crippen LogP contribution in [0.5, 0.6) is 0 Å². The maximum Gasteiger partial charge on any atom is 0.135 e. The Morgan fingerprint density at radius 3 is 2.45 bits per heavy atom. The highest BCUT2D eigenvalue weighted by Crippen LogP contribution is 2.20. The Kier molecular flexibility index (Phi) is 4.81. The number of hydrogen-bond acceptors (Lipinski definition) is 6. The average Bonchev–Trinajstić information content (AvgIpc) is 2.49. The molecule has 6 heteroatoms. The topological polar surface area (TPSA) is 75.6 Å². The standard InChI is InChI=1S/C14H20N6/c1-4-12-19-13(16-5-2)10(3)14(20-12)17-8-11-6-7-15-9-18-11/h6-7,9H,4-5,8H2,1-3H3,(H2,16,17,19,20). The monoisotopic (exact) mass is 272 g/mol. The number of aryl methyl sites for hydroxylation is 1. The largest absolute Gasteiger partial charge is 0.370 e. The molecule has 2 aromatic heterocycles. The van der Waals surface area contributed by atoms with E-state index in [9.17, 15) is 0 Å². The van der Waals surface area contributed by atoms with Gasteiger partial charge >= 0.3 is 0 Å². The minimum absolute atomic E-state index is 0.620. The van der Waals surface area contributed by atoms with Crippen molar-refractivity contribution in [1.29, 1.82) is 0 Å². The molecule has 0 saturated heterocycles. The molecule has 0 saturated carbocycles. The van der Waals surface area contributed by atoms with Crippen LogP contribution in [0.1, 0.15) is 30.9 Å². The average molecular weight is 272 g/mol. The second-order valence-corrected chi connectivity index (χ2v) is 4.40. The van der Waals surface area contributed by atoms with Crippen molar-refractivity contribution >= 4 is 11.6 Å². The molecule has 2 aromatic rings. The van der Waals surface area contributed by atoms with Gasteiger partial charge in [-0.25, -0.2) is 19.9 Å². The number of hydrogen-bond donors (Lipinski definition) is 2. The Hall–Kier alpha value is -2.24. The molecule has 106 valence electrons. The van der Waals surface area contributed by atoms with Crippen LogP contribution in [0.3, 0.4) is 0 Å². The van der Waals surface area contributed by atoms with Crippen molar-refractivity contribution < 1.29 is 0 Å². The third kappa shape index (κ3) is 3.40. The predicted molar refractivity (Wildman–Crippen MR) is 79.7 cm³/mol. The van der Waals surface area contributed by atoms with Gasteiger partial charge in [-0.15, -0.1) is 0 Å². The van der Waals surface area contributed by atoms with Gasteiger partial charge in [-0.2, -0.15) is 0 Å². The van der Waals surface area contributed by atoms with Crippen molar-refractivity contribution in [2.24, 2.45) is 0 Å². The fraction of sp³-hybridized carbons (Fsp3) is 0.429. The molecule has 0 unspecified atom stereocenters. The van der Waals surface area contributed by atoms with Gasteiger partial charge in [0, 0.05) is 24.7 Å². The molecule has 0 atom stereocenters. The summed E-state index contributed by atoms with van der Waals surface area (Å²) in [6.07, 6.45) is 4.09. The smallest absolute Gasteiger partial charge is 0.135 e. The molecule has 0 bridgehead atoms. The molecule has 0 radical (unpaired) electrons. The predicted octanol–water partition coefficient (Wildman–Crippen LogP) is 2.18. The highest BCUT2D eigenvalue weighted by molar-refractivity contribution is 5.57. The Balaban J connectivity index is 2.19. The van der Waals surface area contributed by atoms with Gasteiger partial charge in [-0.1, -0.05) is 6.92 Å². The fourth-order valence-electron chi connectivity index (χ4n) is 1.83. The summed E-state index contributed by atoms with van der Waals surface area (Å²) < 4.78 is 0. The Bertz CT molecular complexity index is 555. The molecule has 0 spiro atoms. The zero-order valence-corrected chi connectivity index (χ0v) is 12.1. The summed E-state index contributed by atoms with van der Waals surface area (Å²) in [4.78, 5) is 17.2. The summed E-state index contributed by atoms with van der Waals surface area (Å²) in [5.41, 5.74) is 1.96. The van der Waals surface area contributed by atoms with Crippen LogP contribution in [-0.4, -0.2) is 26.5 Å². The summed E-state index contributed by atoms with van der Waals surface area (Å²) in [6.45, 7) is 7.58. The van der Waals surface area contributed by atoms with Crippen LogP contribution in [-0.2, 0) is 13.0 Å². The van der Waals surface area contributed by atoms with Crippen LogP contribution in [0.2, 0.25) is 0 Å². The second kappa shape index (κ2) is 6.79. The summed E-state index contributed by atoms with van der Waals surface area (Å²) >= 11 is 0. The van der Waals surface area contributed by atoms with E-state index in [0.717, 1.165) is 41.7 Å². The van der Waals surface area contributed by atoms with Crippen molar-refractivity contribution in [3.8, 4) is 0 Å². The third-order valence-electron chi connectivity index (χ3n) is 2.93. The first kappa shape index (κ1) is 14.2. The zero-order valence-electron chi connectivity index (χ0n) is 12.1. The lowest BCUT2D eigenvalue weighted by atomic mass is 10.2. The summed E-state index contributed by atoms with van der Waals surface area (Å²) in [6, 6.07) is 1.88. The third-order valence-corrected chi connectivity index (χ3v) is 2.93. The van der Waals surface area contributed by atoms with E-state index in [4.69, 9.17) is 0 Å². The van der Waals surface area contributed by atoms with Crippen molar-refractivity contribution in [2.75, 3.05) is 17.2 Å². The van der Waals surface area contributed by atoms with Crippen LogP contribution >= 0.6 is 0 Å². The highest BCUT2D eigenvalue weighted by atomic mass is 15.1. The Morgan fingerprint density at radius 1 is 1.10 bits per heavy atom. The minimum Gasteiger partial charge on any atom is -0.370 e. The van der Waals surface area contributed by atoms with E-state index < -0.39 is 0 Å². The van der Waals surface area contributed by atoms with Crippen molar-refractivity contribution in [3.63, 3.8) is 0 Å². The van der Waals surface area contributed by atoms with E-state index in [1.807, 2.05) is 13.0 Å². The van der Waals surface area contributed by atoms with E-state index in [-0.39, 0.29) is 0 Å². The van der Waals surface area contributed by atoms with Crippen LogP contribution in [0.25, 0.3) is 0 Å². The fourth-order valence-corrected chi connectivity index (χ4v) is 1.83. The van der Waals surface area contributed by atoms with Gasteiger partial charge in [0.15, 0.2) is 0 Å². The van der Waals surface area contributed by atoms with Crippen LogP contribution < -0.4 is 10.6 Å². The lowest BCUT2D eigenvalue weighted by Gasteiger charge is -2.14. The summed E-state index contributed by atoms with van der Waals surface area (Å²) in [5, 5.41) is 6.59. The molecule has 0 aliphatic heterocycles. The van der Waals surface area contributed by atoms with E-state index in [1.54, 1.807) is 12.5 Å². The maximum atomic E-state index is 4.54. The number of nitrogens with one attached hydrogen (secondary N) is 2. The normalized spacial score (nSPS) is 10.3. The molecular weight excluding hydrogens is 252 g/mol. The van der Waals surface area contributed by atoms with Gasteiger partial charge in [-0.05, 0) is 19.9 Å². The van der Waals surface area contributed by atoms with Gasteiger partial charge in [-0.3, -0.25) is 0 Å². The first-order valence-corrected chi connectivity index (χ1v) is 6.84. The second-order valence-electron chi connectivity index (χ2n) is 4.40. The van der Waals surface area contributed by atoms with Crippen molar-refractivity contribution in [1.82, 2.24) is 19.9 Å². The highest BCUT2D eigenvalue weighted by Gasteiger charge is 2.09. The molecule has 6 nitrogen and oxygen atoms in total. The number of anilines is 2. The molecule has 0 aromatic carbocycles. The number of aromatic nitrogens is 4. The van der Waals surface area contributed by atoms with Gasteiger partial charge in [0.2, 0.25) is 0 Å². The van der Waals surface area contributed by atoms with Gasteiger partial charge < -0.3 is 10.6 Å². The number of nitrogens with zero attached hydrogens (tertiary/aromatic N) is 4. The van der Waals surface area contributed by atoms with Crippen LogP contribution in [0, 0.1) is 6.92 Å². The Morgan fingerprint density at radius 2 is 1.85 bits per heavy atom. The van der Waals surface area contributed by atoms with Gasteiger partial charge in [0.05, 0.1) is 12.2 Å². The minimum atomic E-state index is 0.620. The summed E-state index contributed by atoms with van der Waals surface area (Å²) in [5.74, 6) is 2.58. The molecule has 2 heterocycles. The molecule has 0 aliphatic carbocycles. The van der Waals surface area contributed by atoms with Gasteiger partial charge in [0.25, 0.3) is 0 Å². The molecule has 20 heavy (non-hydrogen) atoms. The SMILES string of the molecule is CCNc1nc(CC)nc(NCc2ccncn2)c1C.